The number of ether oxygens (including phenoxy) is 2. The summed E-state index contributed by atoms with van der Waals surface area (Å²) in [7, 11) is 0. The molecule has 0 spiro atoms. The number of allylic oxidation sites excluding steroid dienone is 3. The smallest absolute Gasteiger partial charge is 0.335 e. The Morgan fingerprint density at radius 3 is 2.20 bits per heavy atom. The lowest BCUT2D eigenvalue weighted by Gasteiger charge is -2.72. The highest BCUT2D eigenvalue weighted by atomic mass is 16.5. The minimum Gasteiger partial charge on any atom is -0.478 e. The molecule has 0 radical (unpaired) electrons. The number of benzene rings is 1. The van der Waals surface area contributed by atoms with Crippen LogP contribution in [0.3, 0.4) is 0 Å². The zero-order chi connectivity index (χ0) is 35.3. The van der Waals surface area contributed by atoms with Gasteiger partial charge in [0.05, 0.1) is 44.1 Å². The molecule has 1 aromatic rings. The van der Waals surface area contributed by atoms with E-state index in [1.807, 2.05) is 12.1 Å². The number of hydrogen-bond donors (Lipinski definition) is 2. The number of carboxylic acid groups (broad SMARTS) is 1. The van der Waals surface area contributed by atoms with E-state index in [1.165, 1.54) is 68.1 Å². The van der Waals surface area contributed by atoms with Crippen molar-refractivity contribution in [2.75, 3.05) is 39.5 Å². The van der Waals surface area contributed by atoms with Crippen LogP contribution >= 0.6 is 0 Å². The van der Waals surface area contributed by atoms with Gasteiger partial charge in [-0.1, -0.05) is 65.0 Å². The van der Waals surface area contributed by atoms with Crippen LogP contribution in [0.15, 0.2) is 42.5 Å². The Morgan fingerprint density at radius 1 is 0.880 bits per heavy atom. The fraction of sp³-hybridized carbons (Fsp3) is 0.750. The molecule has 6 heteroatoms. The van der Waals surface area contributed by atoms with Gasteiger partial charge >= 0.3 is 5.97 Å². The second-order valence-electron chi connectivity index (χ2n) is 19.3. The van der Waals surface area contributed by atoms with E-state index in [1.54, 1.807) is 12.1 Å². The molecule has 6 nitrogen and oxygen atoms in total. The first-order valence-corrected chi connectivity index (χ1v) is 20.1. The molecular formula is C44H64N2O4. The lowest BCUT2D eigenvalue weighted by molar-refractivity contribution is -0.219. The van der Waals surface area contributed by atoms with E-state index in [0.29, 0.717) is 52.1 Å². The molecule has 2 bridgehead atoms. The Morgan fingerprint density at radius 2 is 1.56 bits per heavy atom. The van der Waals surface area contributed by atoms with Crippen molar-refractivity contribution in [3.63, 3.8) is 0 Å². The molecule has 2 aliphatic heterocycles. The minimum absolute atomic E-state index is 0.0318. The third-order valence-corrected chi connectivity index (χ3v) is 17.1. The summed E-state index contributed by atoms with van der Waals surface area (Å²) >= 11 is 0. The van der Waals surface area contributed by atoms with Crippen LogP contribution in [0, 0.1) is 51.2 Å². The normalized spacial score (nSPS) is 45.0. The number of rotatable bonds is 7. The van der Waals surface area contributed by atoms with E-state index < -0.39 is 5.97 Å². The molecule has 8 rings (SSSR count). The SMILES string of the molecule is C=C(C)[C@@H]1CC[C@]2(NCCN3C4COCC3COC4)CC[C@]3(C)[C@H](CCC4[C@@]5(C)CC=C(c6ccc(C(=O)O)cc6)C(C)(C)[C@@H]5CC[C@]43C)C12. The summed E-state index contributed by atoms with van der Waals surface area (Å²) in [6, 6.07) is 8.45. The average Bonchev–Trinajstić information content (AvgIpc) is 3.45. The quantitative estimate of drug-likeness (QED) is 0.281. The standard InChI is InChI=1S/C44H64N2O4/c1-28(2)33-14-19-44(45-22-23-46-31-24-49-26-32(46)27-50-25-31)21-20-42(6)35(38(33)44)12-13-37-41(5)17-15-34(29-8-10-30(11-9-29)39(47)48)40(3,4)36(41)16-18-43(37,42)7/h8-11,15,31-33,35-38,45H,1,12-14,16-27H2,2-7H3,(H,47,48)/t31?,32?,33-,35+,36-,37?,38?,41-,42+,43+,44-/m0/s1. The van der Waals surface area contributed by atoms with E-state index in [2.05, 4.69) is 64.4 Å². The van der Waals surface area contributed by atoms with Gasteiger partial charge in [-0.15, -0.1) is 0 Å². The molecule has 1 aromatic carbocycles. The van der Waals surface area contributed by atoms with Crippen LogP contribution in [0.5, 0.6) is 0 Å². The topological polar surface area (TPSA) is 71.0 Å². The Labute approximate surface area is 301 Å². The number of aromatic carboxylic acids is 1. The highest BCUT2D eigenvalue weighted by molar-refractivity contribution is 5.88. The lowest BCUT2D eigenvalue weighted by Crippen LogP contribution is -2.68. The van der Waals surface area contributed by atoms with Gasteiger partial charge < -0.3 is 19.9 Å². The van der Waals surface area contributed by atoms with E-state index in [0.717, 1.165) is 51.9 Å². The lowest BCUT2D eigenvalue weighted by atomic mass is 9.33. The number of carbonyl (C=O) groups is 1. The summed E-state index contributed by atoms with van der Waals surface area (Å²) in [5.41, 5.74) is 5.52. The molecule has 2 N–H and O–H groups in total. The Balaban J connectivity index is 1.06. The van der Waals surface area contributed by atoms with Crippen molar-refractivity contribution in [2.24, 2.45) is 51.2 Å². The zero-order valence-electron chi connectivity index (χ0n) is 31.9. The summed E-state index contributed by atoms with van der Waals surface area (Å²) in [5, 5.41) is 13.8. The van der Waals surface area contributed by atoms with Crippen LogP contribution < -0.4 is 5.32 Å². The number of carboxylic acids is 1. The van der Waals surface area contributed by atoms with E-state index in [-0.39, 0.29) is 16.4 Å². The highest BCUT2D eigenvalue weighted by Gasteiger charge is 2.70. The van der Waals surface area contributed by atoms with Crippen molar-refractivity contribution < 1.29 is 19.4 Å². The molecule has 50 heavy (non-hydrogen) atoms. The molecule has 0 amide bonds. The van der Waals surface area contributed by atoms with Gasteiger partial charge in [0, 0.05) is 18.6 Å². The maximum Gasteiger partial charge on any atom is 0.335 e. The predicted octanol–water partition coefficient (Wildman–Crippen LogP) is 8.48. The van der Waals surface area contributed by atoms with Crippen LogP contribution in [-0.2, 0) is 9.47 Å². The largest absolute Gasteiger partial charge is 0.478 e. The van der Waals surface area contributed by atoms with Gasteiger partial charge in [-0.2, -0.15) is 0 Å². The van der Waals surface area contributed by atoms with E-state index >= 15 is 0 Å². The van der Waals surface area contributed by atoms with Gasteiger partial charge in [-0.05, 0) is 139 Å². The van der Waals surface area contributed by atoms with Crippen molar-refractivity contribution in [3.8, 4) is 0 Å². The van der Waals surface area contributed by atoms with Gasteiger partial charge in [0.25, 0.3) is 0 Å². The molecule has 6 fully saturated rings. The molecule has 2 saturated heterocycles. The summed E-state index contributed by atoms with van der Waals surface area (Å²) in [5.74, 6) is 2.46. The molecule has 274 valence electrons. The van der Waals surface area contributed by atoms with E-state index in [4.69, 9.17) is 9.47 Å². The zero-order valence-corrected chi connectivity index (χ0v) is 31.9. The predicted molar refractivity (Wildman–Crippen MR) is 200 cm³/mol. The number of morpholine rings is 2. The Bertz CT molecular complexity index is 1510. The maximum absolute atomic E-state index is 11.6. The molecule has 0 aromatic heterocycles. The number of nitrogens with zero attached hydrogens (tertiary/aromatic N) is 1. The summed E-state index contributed by atoms with van der Waals surface area (Å²) < 4.78 is 11.8. The third-order valence-electron chi connectivity index (χ3n) is 17.1. The first-order valence-electron chi connectivity index (χ1n) is 20.1. The summed E-state index contributed by atoms with van der Waals surface area (Å²) in [4.78, 5) is 14.3. The van der Waals surface area contributed by atoms with Crippen molar-refractivity contribution in [1.29, 1.82) is 0 Å². The molecule has 2 unspecified atom stereocenters. The fourth-order valence-electron chi connectivity index (χ4n) is 14.6. The first-order chi connectivity index (χ1) is 23.8. The molecule has 5 aliphatic carbocycles. The summed E-state index contributed by atoms with van der Waals surface area (Å²) in [6.07, 6.45) is 14.1. The number of hydrogen-bond acceptors (Lipinski definition) is 5. The third kappa shape index (κ3) is 5.04. The second kappa shape index (κ2) is 12.3. The van der Waals surface area contributed by atoms with Crippen LogP contribution in [0.1, 0.15) is 115 Å². The molecular weight excluding hydrogens is 620 g/mol. The molecule has 7 aliphatic rings. The van der Waals surface area contributed by atoms with Crippen LogP contribution in [0.4, 0.5) is 0 Å². The average molecular weight is 685 g/mol. The number of fused-ring (bicyclic) bond motifs is 9. The highest BCUT2D eigenvalue weighted by Crippen LogP contribution is 2.76. The van der Waals surface area contributed by atoms with Crippen molar-refractivity contribution in [2.45, 2.75) is 117 Å². The molecule has 2 heterocycles. The van der Waals surface area contributed by atoms with Gasteiger partial charge in [-0.25, -0.2) is 4.79 Å². The Kier molecular flexibility index (Phi) is 8.61. The van der Waals surface area contributed by atoms with Crippen molar-refractivity contribution in [3.05, 3.63) is 53.6 Å². The van der Waals surface area contributed by atoms with Crippen molar-refractivity contribution >= 4 is 11.5 Å². The monoisotopic (exact) mass is 684 g/mol. The van der Waals surface area contributed by atoms with Gasteiger partial charge in [0.1, 0.15) is 0 Å². The Hall–Kier alpha value is -1.99. The first kappa shape index (κ1) is 35.1. The maximum atomic E-state index is 11.6. The molecule has 4 saturated carbocycles. The van der Waals surface area contributed by atoms with Crippen LogP contribution in [0.2, 0.25) is 0 Å². The van der Waals surface area contributed by atoms with Crippen LogP contribution in [0.25, 0.3) is 5.57 Å². The van der Waals surface area contributed by atoms with Gasteiger partial charge in [0.2, 0.25) is 0 Å². The van der Waals surface area contributed by atoms with Gasteiger partial charge in [0.15, 0.2) is 0 Å². The number of nitrogens with one attached hydrogen (secondary N) is 1. The molecule has 9 atom stereocenters. The van der Waals surface area contributed by atoms with Crippen molar-refractivity contribution in [1.82, 2.24) is 10.2 Å². The minimum atomic E-state index is -0.856. The summed E-state index contributed by atoms with van der Waals surface area (Å²) in [6.45, 7) is 25.4. The van der Waals surface area contributed by atoms with Gasteiger partial charge in [-0.3, -0.25) is 4.90 Å². The second-order valence-corrected chi connectivity index (χ2v) is 19.3. The van der Waals surface area contributed by atoms with E-state index in [9.17, 15) is 9.90 Å². The fourth-order valence-corrected chi connectivity index (χ4v) is 14.6. The van der Waals surface area contributed by atoms with Crippen LogP contribution in [-0.4, -0.2) is 73.1 Å².